The fourth-order valence-electron chi connectivity index (χ4n) is 3.28. The highest BCUT2D eigenvalue weighted by Crippen LogP contribution is 2.32. The van der Waals surface area contributed by atoms with Crippen molar-refractivity contribution >= 4 is 38.2 Å². The number of carboxylic acids is 1. The first kappa shape index (κ1) is 23.6. The third-order valence-corrected chi connectivity index (χ3v) is 7.65. The van der Waals surface area contributed by atoms with E-state index >= 15 is 0 Å². The highest BCUT2D eigenvalue weighted by atomic mass is 32.2. The number of aryl methyl sites for hydroxylation is 1. The maximum absolute atomic E-state index is 13.5. The molecule has 3 rings (SSSR count). The number of rotatable bonds is 9. The number of hydrogen-bond acceptors (Lipinski definition) is 5. The molecule has 6 nitrogen and oxygen atoms in total. The van der Waals surface area contributed by atoms with Crippen molar-refractivity contribution in [3.63, 3.8) is 0 Å². The van der Waals surface area contributed by atoms with Crippen LogP contribution >= 0.6 is 11.3 Å². The van der Waals surface area contributed by atoms with Crippen LogP contribution in [0.3, 0.4) is 0 Å². The lowest BCUT2D eigenvalue weighted by Crippen LogP contribution is -2.14. The quantitative estimate of drug-likeness (QED) is 0.309. The lowest BCUT2D eigenvalue weighted by molar-refractivity contribution is -0.136. The Bertz CT molecular complexity index is 1330. The molecule has 0 bridgehead atoms. The second-order valence-electron chi connectivity index (χ2n) is 7.22. The molecular weight excluding hydrogens is 446 g/mol. The van der Waals surface area contributed by atoms with Gasteiger partial charge in [0.05, 0.1) is 11.3 Å². The molecule has 168 valence electrons. The zero-order chi connectivity index (χ0) is 23.5. The van der Waals surface area contributed by atoms with Crippen molar-refractivity contribution in [1.82, 2.24) is 3.97 Å². The minimum atomic E-state index is -3.99. The van der Waals surface area contributed by atoms with Crippen LogP contribution in [-0.4, -0.2) is 23.5 Å². The number of nitrogens with zero attached hydrogens (tertiary/aromatic N) is 1. The number of fused-ring (bicyclic) bond motifs is 1. The van der Waals surface area contributed by atoms with Crippen LogP contribution in [0.1, 0.15) is 32.8 Å². The summed E-state index contributed by atoms with van der Waals surface area (Å²) in [4.78, 5) is 11.2. The van der Waals surface area contributed by atoms with Crippen molar-refractivity contribution in [2.24, 2.45) is 0 Å². The van der Waals surface area contributed by atoms with Crippen LogP contribution in [-0.2, 0) is 26.0 Å². The minimum Gasteiger partial charge on any atom is -0.481 e. The van der Waals surface area contributed by atoms with Crippen LogP contribution in [0.4, 0.5) is 0 Å². The highest BCUT2D eigenvalue weighted by molar-refractivity contribution is 7.93. The van der Waals surface area contributed by atoms with Gasteiger partial charge in [-0.25, -0.2) is 12.4 Å². The van der Waals surface area contributed by atoms with Crippen molar-refractivity contribution in [2.75, 3.05) is 0 Å². The molecule has 0 saturated carbocycles. The molecule has 32 heavy (non-hydrogen) atoms. The summed E-state index contributed by atoms with van der Waals surface area (Å²) in [5.41, 5.74) is 3.10. The van der Waals surface area contributed by atoms with Gasteiger partial charge in [-0.05, 0) is 85.0 Å². The Balaban J connectivity index is 2.20. The van der Waals surface area contributed by atoms with Crippen molar-refractivity contribution in [1.29, 1.82) is 0 Å². The van der Waals surface area contributed by atoms with E-state index < -0.39 is 16.0 Å². The number of hydrogen-bond donors (Lipinski definition) is 1. The van der Waals surface area contributed by atoms with E-state index in [0.717, 1.165) is 11.1 Å². The summed E-state index contributed by atoms with van der Waals surface area (Å²) in [6, 6.07) is 7.52. The Hall–Kier alpha value is -3.10. The monoisotopic (exact) mass is 471 g/mol. The van der Waals surface area contributed by atoms with Gasteiger partial charge in [0.1, 0.15) is 10.7 Å². The summed E-state index contributed by atoms with van der Waals surface area (Å²) >= 11 is 1.57. The molecule has 1 N–H and O–H groups in total. The van der Waals surface area contributed by atoms with E-state index in [2.05, 4.69) is 6.58 Å². The van der Waals surface area contributed by atoms with E-state index in [9.17, 15) is 13.2 Å². The average molecular weight is 472 g/mol. The van der Waals surface area contributed by atoms with Gasteiger partial charge in [-0.1, -0.05) is 12.6 Å². The molecule has 0 spiro atoms. The molecule has 0 aliphatic heterocycles. The zero-order valence-electron chi connectivity index (χ0n) is 18.2. The molecule has 0 atom stereocenters. The molecule has 3 aromatic rings. The van der Waals surface area contributed by atoms with Crippen LogP contribution in [0.15, 0.2) is 76.4 Å². The predicted octanol–water partition coefficient (Wildman–Crippen LogP) is 5.92. The summed E-state index contributed by atoms with van der Waals surface area (Å²) < 4.78 is 33.9. The minimum absolute atomic E-state index is 0.0114. The summed E-state index contributed by atoms with van der Waals surface area (Å²) in [6.07, 6.45) is 4.72. The molecule has 0 saturated heterocycles. The van der Waals surface area contributed by atoms with Crippen molar-refractivity contribution in [3.8, 4) is 11.1 Å². The largest absolute Gasteiger partial charge is 0.481 e. The summed E-state index contributed by atoms with van der Waals surface area (Å²) in [5.74, 6) is -0.248. The van der Waals surface area contributed by atoms with Gasteiger partial charge in [0.15, 0.2) is 0 Å². The molecule has 2 aromatic heterocycles. The molecule has 0 fully saturated rings. The maximum atomic E-state index is 13.5. The SMILES string of the molecule is C=C/C(O/C(C)=C/C)=C(\C)S(=O)(=O)n1cc(CCC(=O)O)c2cc(-c3ccsc3)ccc21. The van der Waals surface area contributed by atoms with E-state index in [-0.39, 0.29) is 23.5 Å². The topological polar surface area (TPSA) is 85.6 Å². The summed E-state index contributed by atoms with van der Waals surface area (Å²) in [5, 5.41) is 13.8. The number of thiophene rings is 1. The van der Waals surface area contributed by atoms with E-state index in [1.165, 1.54) is 23.2 Å². The van der Waals surface area contributed by atoms with Gasteiger partial charge in [0, 0.05) is 18.0 Å². The summed E-state index contributed by atoms with van der Waals surface area (Å²) in [7, 11) is -3.99. The maximum Gasteiger partial charge on any atom is 0.303 e. The number of ether oxygens (including phenoxy) is 1. The Morgan fingerprint density at radius 3 is 2.59 bits per heavy atom. The molecule has 0 aliphatic carbocycles. The lowest BCUT2D eigenvalue weighted by atomic mass is 10.0. The number of carboxylic acid groups (broad SMARTS) is 1. The smallest absolute Gasteiger partial charge is 0.303 e. The van der Waals surface area contributed by atoms with Gasteiger partial charge >= 0.3 is 5.97 Å². The second kappa shape index (κ2) is 9.58. The zero-order valence-corrected chi connectivity index (χ0v) is 19.8. The standard InChI is InChI=1S/C24H25NO5S2/c1-5-16(3)30-23(6-2)17(4)32(28,29)25-14-19(8-10-24(26)27)21-13-18(7-9-22(21)25)20-11-12-31-15-20/h5-7,9,11-15H,2,8,10H2,1,3-4H3,(H,26,27)/b16-5+,23-17-. The van der Waals surface area contributed by atoms with Gasteiger partial charge in [-0.15, -0.1) is 0 Å². The van der Waals surface area contributed by atoms with E-state index in [1.54, 1.807) is 37.3 Å². The van der Waals surface area contributed by atoms with Gasteiger partial charge in [0.25, 0.3) is 10.0 Å². The average Bonchev–Trinajstić information content (AvgIpc) is 3.43. The van der Waals surface area contributed by atoms with Crippen LogP contribution in [0, 0.1) is 0 Å². The fraction of sp³-hybridized carbons (Fsp3) is 0.208. The molecule has 0 aliphatic rings. The first-order chi connectivity index (χ1) is 15.2. The first-order valence-electron chi connectivity index (χ1n) is 9.97. The van der Waals surface area contributed by atoms with Crippen LogP contribution in [0.2, 0.25) is 0 Å². The van der Waals surface area contributed by atoms with E-state index in [0.29, 0.717) is 22.2 Å². The molecule has 8 heteroatoms. The third-order valence-electron chi connectivity index (χ3n) is 5.17. The summed E-state index contributed by atoms with van der Waals surface area (Å²) in [6.45, 7) is 8.67. The fourth-order valence-corrected chi connectivity index (χ4v) is 5.30. The predicted molar refractivity (Wildman–Crippen MR) is 129 cm³/mol. The van der Waals surface area contributed by atoms with Gasteiger partial charge < -0.3 is 9.84 Å². The van der Waals surface area contributed by atoms with Gasteiger partial charge in [-0.2, -0.15) is 11.3 Å². The van der Waals surface area contributed by atoms with Crippen molar-refractivity contribution < 1.29 is 23.1 Å². The number of carbonyl (C=O) groups is 1. The lowest BCUT2D eigenvalue weighted by Gasteiger charge is -2.13. The normalized spacial score (nSPS) is 13.2. The Kier molecular flexibility index (Phi) is 7.06. The number of aliphatic carboxylic acids is 1. The molecule has 0 amide bonds. The van der Waals surface area contributed by atoms with Crippen LogP contribution in [0.25, 0.3) is 22.0 Å². The van der Waals surface area contributed by atoms with Crippen LogP contribution in [0.5, 0.6) is 0 Å². The Labute approximate surface area is 191 Å². The van der Waals surface area contributed by atoms with E-state index in [4.69, 9.17) is 9.84 Å². The Morgan fingerprint density at radius 2 is 2.00 bits per heavy atom. The van der Waals surface area contributed by atoms with Crippen molar-refractivity contribution in [3.05, 3.63) is 81.9 Å². The number of benzene rings is 1. The van der Waals surface area contributed by atoms with Crippen molar-refractivity contribution in [2.45, 2.75) is 33.6 Å². The molecular formula is C24H25NO5S2. The van der Waals surface area contributed by atoms with E-state index in [1.807, 2.05) is 29.0 Å². The molecule has 0 unspecified atom stereocenters. The third kappa shape index (κ3) is 4.71. The van der Waals surface area contributed by atoms with Crippen LogP contribution < -0.4 is 0 Å². The Morgan fingerprint density at radius 1 is 1.25 bits per heavy atom. The molecule has 0 radical (unpaired) electrons. The first-order valence-corrected chi connectivity index (χ1v) is 12.3. The molecule has 1 aromatic carbocycles. The van der Waals surface area contributed by atoms with Gasteiger partial charge in [0.2, 0.25) is 0 Å². The highest BCUT2D eigenvalue weighted by Gasteiger charge is 2.24. The van der Waals surface area contributed by atoms with Gasteiger partial charge in [-0.3, -0.25) is 4.79 Å². The second-order valence-corrected chi connectivity index (χ2v) is 9.95. The number of aromatic nitrogens is 1. The molecule has 2 heterocycles. The number of allylic oxidation sites excluding steroid dienone is 4.